The van der Waals surface area contributed by atoms with E-state index in [1.165, 1.54) is 5.56 Å². The van der Waals surface area contributed by atoms with Crippen LogP contribution in [0.3, 0.4) is 0 Å². The molecular formula is C28H25ClN3O2. The van der Waals surface area contributed by atoms with Crippen molar-refractivity contribution >= 4 is 34.6 Å². The summed E-state index contributed by atoms with van der Waals surface area (Å²) < 4.78 is 5.90. The molecule has 0 fully saturated rings. The molecular weight excluding hydrogens is 446 g/mol. The summed E-state index contributed by atoms with van der Waals surface area (Å²) in [6.45, 7) is 0.909. The lowest BCUT2D eigenvalue weighted by molar-refractivity contribution is 0.0951. The first kappa shape index (κ1) is 23.2. The summed E-state index contributed by atoms with van der Waals surface area (Å²) in [5.41, 5.74) is 10.7. The largest absolute Gasteiger partial charge is 0.493 e. The molecule has 0 aliphatic heterocycles. The van der Waals surface area contributed by atoms with E-state index in [2.05, 4.69) is 28.8 Å². The zero-order chi connectivity index (χ0) is 23.8. The highest BCUT2D eigenvalue weighted by Gasteiger charge is 2.08. The molecule has 4 N–H and O–H groups in total. The van der Waals surface area contributed by atoms with E-state index in [1.807, 2.05) is 48.5 Å². The Morgan fingerprint density at radius 1 is 0.971 bits per heavy atom. The number of hydrogen-bond donors (Lipinski definition) is 3. The molecule has 5 nitrogen and oxygen atoms in total. The van der Waals surface area contributed by atoms with E-state index < -0.39 is 0 Å². The van der Waals surface area contributed by atoms with Crippen LogP contribution in [0.5, 0.6) is 5.75 Å². The summed E-state index contributed by atoms with van der Waals surface area (Å²) in [6, 6.07) is 31.4. The number of benzene rings is 4. The van der Waals surface area contributed by atoms with E-state index in [9.17, 15) is 4.79 Å². The summed E-state index contributed by atoms with van der Waals surface area (Å²) in [4.78, 5) is 12.5. The Morgan fingerprint density at radius 2 is 1.76 bits per heavy atom. The number of hydrogen-bond acceptors (Lipinski definition) is 4. The van der Waals surface area contributed by atoms with Crippen molar-refractivity contribution in [1.82, 2.24) is 5.32 Å². The van der Waals surface area contributed by atoms with Gasteiger partial charge < -0.3 is 21.1 Å². The van der Waals surface area contributed by atoms with Gasteiger partial charge in [-0.25, -0.2) is 0 Å². The molecule has 0 spiro atoms. The fraction of sp³-hybridized carbons (Fsp3) is 0.107. The van der Waals surface area contributed by atoms with Crippen molar-refractivity contribution in [3.05, 3.63) is 119 Å². The van der Waals surface area contributed by atoms with Crippen molar-refractivity contribution in [3.8, 4) is 5.75 Å². The van der Waals surface area contributed by atoms with Gasteiger partial charge in [-0.15, -0.1) is 0 Å². The zero-order valence-electron chi connectivity index (χ0n) is 18.6. The molecule has 0 saturated carbocycles. The Hall–Kier alpha value is -3.96. The number of nitrogens with two attached hydrogens (primary N) is 1. The SMILES string of the molecule is Nc1cc(Nc2[c]cc(C(=O)NCc3ccccc3Cl)cc2)cc(OCCc2ccccc2)c1. The van der Waals surface area contributed by atoms with Crippen LogP contribution < -0.4 is 21.1 Å². The first-order valence-corrected chi connectivity index (χ1v) is 11.3. The summed E-state index contributed by atoms with van der Waals surface area (Å²) in [5.74, 6) is 0.495. The smallest absolute Gasteiger partial charge is 0.251 e. The molecule has 0 bridgehead atoms. The molecule has 0 saturated heterocycles. The van der Waals surface area contributed by atoms with Gasteiger partial charge in [0, 0.05) is 58.8 Å². The molecule has 0 heterocycles. The van der Waals surface area contributed by atoms with Gasteiger partial charge in [0.05, 0.1) is 6.61 Å². The lowest BCUT2D eigenvalue weighted by Crippen LogP contribution is -2.22. The van der Waals surface area contributed by atoms with Crippen LogP contribution in [0.2, 0.25) is 5.02 Å². The van der Waals surface area contributed by atoms with E-state index in [0.717, 1.165) is 17.7 Å². The molecule has 0 aliphatic rings. The third-order valence-electron chi connectivity index (χ3n) is 5.18. The maximum absolute atomic E-state index is 12.5. The normalized spacial score (nSPS) is 10.5. The quantitative estimate of drug-likeness (QED) is 0.261. The summed E-state index contributed by atoms with van der Waals surface area (Å²) >= 11 is 6.15. The van der Waals surface area contributed by atoms with Crippen LogP contribution in [0.4, 0.5) is 17.1 Å². The maximum atomic E-state index is 12.5. The van der Waals surface area contributed by atoms with E-state index in [-0.39, 0.29) is 5.91 Å². The molecule has 0 atom stereocenters. The molecule has 1 radical (unpaired) electrons. The molecule has 6 heteroatoms. The Labute approximate surface area is 204 Å². The average molecular weight is 471 g/mol. The van der Waals surface area contributed by atoms with Gasteiger partial charge in [-0.2, -0.15) is 0 Å². The predicted octanol–water partition coefficient (Wildman–Crippen LogP) is 6.02. The minimum atomic E-state index is -0.194. The fourth-order valence-corrected chi connectivity index (χ4v) is 3.63. The third-order valence-corrected chi connectivity index (χ3v) is 5.55. The van der Waals surface area contributed by atoms with Gasteiger partial charge >= 0.3 is 0 Å². The third kappa shape index (κ3) is 6.53. The topological polar surface area (TPSA) is 76.4 Å². The van der Waals surface area contributed by atoms with Crippen molar-refractivity contribution in [2.24, 2.45) is 0 Å². The number of nitrogen functional groups attached to an aromatic ring is 1. The van der Waals surface area contributed by atoms with Crippen molar-refractivity contribution in [2.75, 3.05) is 17.7 Å². The van der Waals surface area contributed by atoms with Crippen molar-refractivity contribution in [3.63, 3.8) is 0 Å². The zero-order valence-corrected chi connectivity index (χ0v) is 19.3. The van der Waals surface area contributed by atoms with Crippen LogP contribution in [0.1, 0.15) is 21.5 Å². The van der Waals surface area contributed by atoms with E-state index in [4.69, 9.17) is 22.1 Å². The molecule has 171 valence electrons. The number of carbonyl (C=O) groups is 1. The van der Waals surface area contributed by atoms with E-state index >= 15 is 0 Å². The van der Waals surface area contributed by atoms with E-state index in [1.54, 1.807) is 30.3 Å². The van der Waals surface area contributed by atoms with Crippen LogP contribution in [-0.4, -0.2) is 12.5 Å². The Bertz CT molecular complexity index is 1240. The van der Waals surface area contributed by atoms with Gasteiger partial charge in [-0.1, -0.05) is 60.1 Å². The minimum Gasteiger partial charge on any atom is -0.493 e. The second kappa shape index (κ2) is 11.3. The molecule has 34 heavy (non-hydrogen) atoms. The lowest BCUT2D eigenvalue weighted by atomic mass is 10.1. The molecule has 4 rings (SSSR count). The highest BCUT2D eigenvalue weighted by atomic mass is 35.5. The Morgan fingerprint density at radius 3 is 2.53 bits per heavy atom. The summed E-state index contributed by atoms with van der Waals surface area (Å²) in [6.07, 6.45) is 0.812. The van der Waals surface area contributed by atoms with Gasteiger partial charge in [-0.3, -0.25) is 4.79 Å². The van der Waals surface area contributed by atoms with Crippen molar-refractivity contribution in [1.29, 1.82) is 0 Å². The van der Waals surface area contributed by atoms with Crippen LogP contribution in [0.25, 0.3) is 0 Å². The van der Waals surface area contributed by atoms with Gasteiger partial charge in [0.2, 0.25) is 0 Å². The fourth-order valence-electron chi connectivity index (χ4n) is 3.43. The number of halogens is 1. The highest BCUT2D eigenvalue weighted by molar-refractivity contribution is 6.31. The molecule has 4 aromatic rings. The lowest BCUT2D eigenvalue weighted by Gasteiger charge is -2.12. The molecule has 0 aromatic heterocycles. The van der Waals surface area contributed by atoms with Gasteiger partial charge in [0.15, 0.2) is 0 Å². The molecule has 0 unspecified atom stereocenters. The predicted molar refractivity (Wildman–Crippen MR) is 138 cm³/mol. The van der Waals surface area contributed by atoms with Crippen molar-refractivity contribution < 1.29 is 9.53 Å². The monoisotopic (exact) mass is 470 g/mol. The number of anilines is 3. The number of nitrogens with one attached hydrogen (secondary N) is 2. The molecule has 0 aliphatic carbocycles. The van der Waals surface area contributed by atoms with Gasteiger partial charge in [0.25, 0.3) is 5.91 Å². The first-order chi connectivity index (χ1) is 16.6. The average Bonchev–Trinajstić information content (AvgIpc) is 2.84. The first-order valence-electron chi connectivity index (χ1n) is 10.9. The number of amides is 1. The second-order valence-corrected chi connectivity index (χ2v) is 8.17. The van der Waals surface area contributed by atoms with E-state index in [0.29, 0.717) is 40.9 Å². The summed E-state index contributed by atoms with van der Waals surface area (Å²) in [5, 5.41) is 6.76. The van der Waals surface area contributed by atoms with Crippen LogP contribution in [0.15, 0.2) is 91.0 Å². The van der Waals surface area contributed by atoms with Crippen LogP contribution in [-0.2, 0) is 13.0 Å². The number of ether oxygens (including phenoxy) is 1. The van der Waals surface area contributed by atoms with Gasteiger partial charge in [0.1, 0.15) is 5.75 Å². The van der Waals surface area contributed by atoms with Crippen molar-refractivity contribution in [2.45, 2.75) is 13.0 Å². The second-order valence-electron chi connectivity index (χ2n) is 7.76. The number of rotatable bonds is 9. The summed E-state index contributed by atoms with van der Waals surface area (Å²) in [7, 11) is 0. The molecule has 4 aromatic carbocycles. The van der Waals surface area contributed by atoms with Crippen LogP contribution >= 0.6 is 11.6 Å². The Balaban J connectivity index is 1.33. The van der Waals surface area contributed by atoms with Gasteiger partial charge in [-0.05, 0) is 41.5 Å². The minimum absolute atomic E-state index is 0.194. The maximum Gasteiger partial charge on any atom is 0.251 e. The molecule has 1 amide bonds. The standard InChI is InChI=1S/C28H25ClN3O2/c29-27-9-5-4-8-22(27)19-31-28(33)21-10-12-24(13-11-21)32-25-16-23(30)17-26(18-25)34-15-14-20-6-2-1-3-7-20/h1-12,16-18,32H,14-15,19,30H2,(H,31,33). The number of carbonyl (C=O) groups excluding carboxylic acids is 1. The van der Waals surface area contributed by atoms with Crippen LogP contribution in [0, 0.1) is 6.07 Å². The Kier molecular flexibility index (Phi) is 7.68. The highest BCUT2D eigenvalue weighted by Crippen LogP contribution is 2.26.